The second kappa shape index (κ2) is 2.92. The van der Waals surface area contributed by atoms with Crippen LogP contribution in [0.1, 0.15) is 12.8 Å². The average Bonchev–Trinajstić information content (AvgIpc) is 3.00. The van der Waals surface area contributed by atoms with Gasteiger partial charge in [0.05, 0.1) is 4.90 Å². The molecule has 1 aromatic carbocycles. The number of carbonyl (C=O) groups excluding carboxylic acids is 1. The molecule has 0 radical (unpaired) electrons. The minimum absolute atomic E-state index is 0.240. The summed E-state index contributed by atoms with van der Waals surface area (Å²) in [6.07, 6.45) is 1.47. The SMILES string of the molecule is O=CC1(S(=O)(=O)c2ccccc2)CC1. The number of sulfone groups is 1. The van der Waals surface area contributed by atoms with Crippen LogP contribution in [0.2, 0.25) is 0 Å². The highest BCUT2D eigenvalue weighted by atomic mass is 32.2. The number of rotatable bonds is 3. The Morgan fingerprint density at radius 3 is 2.14 bits per heavy atom. The first-order valence-corrected chi connectivity index (χ1v) is 5.87. The van der Waals surface area contributed by atoms with Crippen molar-refractivity contribution in [2.24, 2.45) is 0 Å². The maximum absolute atomic E-state index is 11.9. The Kier molecular flexibility index (Phi) is 1.96. The smallest absolute Gasteiger partial charge is 0.190 e. The molecule has 4 heteroatoms. The molecule has 0 spiro atoms. The first-order chi connectivity index (χ1) is 6.62. The van der Waals surface area contributed by atoms with Gasteiger partial charge in [-0.3, -0.25) is 0 Å². The van der Waals surface area contributed by atoms with E-state index in [9.17, 15) is 13.2 Å². The van der Waals surface area contributed by atoms with Gasteiger partial charge in [-0.15, -0.1) is 0 Å². The lowest BCUT2D eigenvalue weighted by Crippen LogP contribution is -2.24. The van der Waals surface area contributed by atoms with Crippen LogP contribution in [0.3, 0.4) is 0 Å². The molecule has 3 nitrogen and oxygen atoms in total. The van der Waals surface area contributed by atoms with E-state index in [0.29, 0.717) is 19.1 Å². The Hall–Kier alpha value is -1.16. The molecule has 1 aromatic rings. The quantitative estimate of drug-likeness (QED) is 0.704. The first kappa shape index (κ1) is 9.40. The maximum Gasteiger partial charge on any atom is 0.190 e. The van der Waals surface area contributed by atoms with Gasteiger partial charge in [0.25, 0.3) is 0 Å². The molecule has 1 aliphatic carbocycles. The van der Waals surface area contributed by atoms with Gasteiger partial charge in [-0.2, -0.15) is 0 Å². The van der Waals surface area contributed by atoms with Crippen LogP contribution in [0.25, 0.3) is 0 Å². The van der Waals surface area contributed by atoms with E-state index < -0.39 is 14.6 Å². The molecular formula is C10H10O3S. The van der Waals surface area contributed by atoms with E-state index in [-0.39, 0.29) is 4.90 Å². The van der Waals surface area contributed by atoms with Crippen LogP contribution in [0.4, 0.5) is 0 Å². The number of hydrogen-bond acceptors (Lipinski definition) is 3. The molecule has 0 saturated heterocycles. The fourth-order valence-corrected chi connectivity index (χ4v) is 3.16. The summed E-state index contributed by atoms with van der Waals surface area (Å²) in [4.78, 5) is 11.0. The van der Waals surface area contributed by atoms with Crippen molar-refractivity contribution in [1.82, 2.24) is 0 Å². The van der Waals surface area contributed by atoms with Crippen molar-refractivity contribution in [2.75, 3.05) is 0 Å². The molecule has 1 fully saturated rings. The van der Waals surface area contributed by atoms with E-state index in [0.717, 1.165) is 0 Å². The Morgan fingerprint density at radius 1 is 1.14 bits per heavy atom. The second-order valence-corrected chi connectivity index (χ2v) is 5.79. The predicted octanol–water partition coefficient (Wildman–Crippen LogP) is 1.19. The second-order valence-electron chi connectivity index (χ2n) is 3.50. The lowest BCUT2D eigenvalue weighted by Gasteiger charge is -2.08. The van der Waals surface area contributed by atoms with E-state index in [1.165, 1.54) is 12.1 Å². The van der Waals surface area contributed by atoms with Gasteiger partial charge in [0.1, 0.15) is 11.0 Å². The van der Waals surface area contributed by atoms with Crippen LogP contribution < -0.4 is 0 Å². The highest BCUT2D eigenvalue weighted by molar-refractivity contribution is 7.93. The Bertz CT molecular complexity index is 444. The fraction of sp³-hybridized carbons (Fsp3) is 0.300. The lowest BCUT2D eigenvalue weighted by atomic mass is 10.4. The molecule has 0 unspecified atom stereocenters. The molecule has 0 N–H and O–H groups in total. The Balaban J connectivity index is 2.49. The van der Waals surface area contributed by atoms with Gasteiger partial charge in [0, 0.05) is 0 Å². The molecule has 0 aromatic heterocycles. The molecule has 0 bridgehead atoms. The van der Waals surface area contributed by atoms with E-state index in [1.807, 2.05) is 0 Å². The molecule has 0 amide bonds. The minimum atomic E-state index is -3.45. The molecule has 14 heavy (non-hydrogen) atoms. The van der Waals surface area contributed by atoms with Gasteiger partial charge < -0.3 is 4.79 Å². The first-order valence-electron chi connectivity index (χ1n) is 4.38. The number of benzene rings is 1. The molecule has 1 aliphatic rings. The van der Waals surface area contributed by atoms with E-state index in [4.69, 9.17) is 0 Å². The zero-order valence-electron chi connectivity index (χ0n) is 7.51. The monoisotopic (exact) mass is 210 g/mol. The zero-order chi connectivity index (χ0) is 10.2. The number of carbonyl (C=O) groups is 1. The predicted molar refractivity (Wildman–Crippen MR) is 51.7 cm³/mol. The van der Waals surface area contributed by atoms with Crippen molar-refractivity contribution < 1.29 is 13.2 Å². The Morgan fingerprint density at radius 2 is 1.71 bits per heavy atom. The summed E-state index contributed by atoms with van der Waals surface area (Å²) in [5.74, 6) is 0. The van der Waals surface area contributed by atoms with Gasteiger partial charge in [-0.25, -0.2) is 8.42 Å². The average molecular weight is 210 g/mol. The summed E-state index contributed by atoms with van der Waals surface area (Å²) in [6.45, 7) is 0. The van der Waals surface area contributed by atoms with Crippen LogP contribution in [0.15, 0.2) is 35.2 Å². The molecule has 2 rings (SSSR count). The molecule has 0 atom stereocenters. The van der Waals surface area contributed by atoms with Crippen molar-refractivity contribution in [3.8, 4) is 0 Å². The van der Waals surface area contributed by atoms with Crippen LogP contribution in [-0.4, -0.2) is 19.5 Å². The van der Waals surface area contributed by atoms with Gasteiger partial charge in [0.15, 0.2) is 9.84 Å². The third kappa shape index (κ3) is 1.18. The normalized spacial score (nSPS) is 18.9. The van der Waals surface area contributed by atoms with Crippen molar-refractivity contribution in [2.45, 2.75) is 22.5 Å². The van der Waals surface area contributed by atoms with Crippen molar-refractivity contribution >= 4 is 16.1 Å². The van der Waals surface area contributed by atoms with Crippen LogP contribution in [-0.2, 0) is 14.6 Å². The van der Waals surface area contributed by atoms with Crippen LogP contribution in [0.5, 0.6) is 0 Å². The Labute approximate surface area is 82.7 Å². The molecule has 1 saturated carbocycles. The summed E-state index contributed by atoms with van der Waals surface area (Å²) >= 11 is 0. The summed E-state index contributed by atoms with van der Waals surface area (Å²) in [5.41, 5.74) is 0. The topological polar surface area (TPSA) is 51.2 Å². The van der Waals surface area contributed by atoms with Crippen LogP contribution >= 0.6 is 0 Å². The molecular weight excluding hydrogens is 200 g/mol. The standard InChI is InChI=1S/C10H10O3S/c11-8-10(6-7-10)14(12,13)9-4-2-1-3-5-9/h1-5,8H,6-7H2. The zero-order valence-corrected chi connectivity index (χ0v) is 8.33. The van der Waals surface area contributed by atoms with E-state index in [2.05, 4.69) is 0 Å². The highest BCUT2D eigenvalue weighted by Gasteiger charge is 2.55. The van der Waals surface area contributed by atoms with Gasteiger partial charge >= 0.3 is 0 Å². The third-order valence-electron chi connectivity index (χ3n) is 2.55. The van der Waals surface area contributed by atoms with Gasteiger partial charge in [-0.05, 0) is 25.0 Å². The van der Waals surface area contributed by atoms with E-state index >= 15 is 0 Å². The van der Waals surface area contributed by atoms with Gasteiger partial charge in [0.2, 0.25) is 0 Å². The van der Waals surface area contributed by atoms with Crippen molar-refractivity contribution in [3.05, 3.63) is 30.3 Å². The minimum Gasteiger partial charge on any atom is -0.302 e. The van der Waals surface area contributed by atoms with Crippen LogP contribution in [0, 0.1) is 0 Å². The number of hydrogen-bond donors (Lipinski definition) is 0. The summed E-state index contributed by atoms with van der Waals surface area (Å²) in [6, 6.07) is 8.12. The molecule has 74 valence electrons. The fourth-order valence-electron chi connectivity index (χ4n) is 1.41. The summed E-state index contributed by atoms with van der Waals surface area (Å²) in [7, 11) is -3.45. The largest absolute Gasteiger partial charge is 0.302 e. The van der Waals surface area contributed by atoms with Crippen molar-refractivity contribution in [1.29, 1.82) is 0 Å². The van der Waals surface area contributed by atoms with Gasteiger partial charge in [-0.1, -0.05) is 18.2 Å². The summed E-state index contributed by atoms with van der Waals surface area (Å²) < 4.78 is 22.7. The van der Waals surface area contributed by atoms with E-state index in [1.54, 1.807) is 18.2 Å². The summed E-state index contributed by atoms with van der Waals surface area (Å²) in [5, 5.41) is 0. The third-order valence-corrected chi connectivity index (χ3v) is 5.01. The maximum atomic E-state index is 11.9. The lowest BCUT2D eigenvalue weighted by molar-refractivity contribution is -0.108. The molecule has 0 heterocycles. The molecule has 0 aliphatic heterocycles. The highest BCUT2D eigenvalue weighted by Crippen LogP contribution is 2.44. The number of aldehydes is 1. The van der Waals surface area contributed by atoms with Crippen molar-refractivity contribution in [3.63, 3.8) is 0 Å².